The second kappa shape index (κ2) is 6.16. The molecule has 4 heteroatoms. The molecule has 114 valence electrons. The van der Waals surface area contributed by atoms with Crippen LogP contribution in [0, 0.1) is 0 Å². The lowest BCUT2D eigenvalue weighted by Crippen LogP contribution is -2.49. The zero-order valence-electron chi connectivity index (χ0n) is 12.6. The van der Waals surface area contributed by atoms with Crippen LogP contribution >= 0.6 is 0 Å². The Bertz CT molecular complexity index is 496. The topological polar surface area (TPSA) is 55.6 Å². The van der Waals surface area contributed by atoms with Crippen LogP contribution in [-0.2, 0) is 9.53 Å². The van der Waals surface area contributed by atoms with Crippen LogP contribution < -0.4 is 5.73 Å². The third-order valence-electron chi connectivity index (χ3n) is 4.62. The zero-order chi connectivity index (χ0) is 14.8. The first-order valence-electron chi connectivity index (χ1n) is 7.84. The molecule has 0 aromatic heterocycles. The molecule has 21 heavy (non-hydrogen) atoms. The average molecular weight is 288 g/mol. The van der Waals surface area contributed by atoms with Gasteiger partial charge in [-0.15, -0.1) is 0 Å². The molecule has 1 saturated heterocycles. The summed E-state index contributed by atoms with van der Waals surface area (Å²) in [5, 5.41) is 0. The number of carbonyl (C=O) groups excluding carboxylic acids is 1. The monoisotopic (exact) mass is 288 g/mol. The SMILES string of the molecule is COCCN1C(=O)CCC(N)C1c1ccc(C2CC2)cc1. The molecule has 1 amide bonds. The van der Waals surface area contributed by atoms with Gasteiger partial charge in [-0.1, -0.05) is 24.3 Å². The lowest BCUT2D eigenvalue weighted by Gasteiger charge is -2.40. The van der Waals surface area contributed by atoms with Gasteiger partial charge < -0.3 is 15.4 Å². The number of hydrogen-bond donors (Lipinski definition) is 1. The third-order valence-corrected chi connectivity index (χ3v) is 4.62. The first-order chi connectivity index (χ1) is 10.2. The molecule has 2 aliphatic rings. The fourth-order valence-electron chi connectivity index (χ4n) is 3.24. The minimum atomic E-state index is -0.0188. The fraction of sp³-hybridized carbons (Fsp3) is 0.588. The molecule has 3 rings (SSSR count). The number of nitrogens with two attached hydrogens (primary N) is 1. The maximum absolute atomic E-state index is 12.2. The van der Waals surface area contributed by atoms with Gasteiger partial charge in [-0.25, -0.2) is 0 Å². The van der Waals surface area contributed by atoms with Crippen molar-refractivity contribution in [2.45, 2.75) is 43.7 Å². The predicted octanol–water partition coefficient (Wildman–Crippen LogP) is 2.20. The number of nitrogens with zero attached hydrogens (tertiary/aromatic N) is 1. The second-order valence-corrected chi connectivity index (χ2v) is 6.17. The number of piperidine rings is 1. The molecule has 1 aliphatic carbocycles. The maximum atomic E-state index is 12.2. The molecule has 1 aliphatic heterocycles. The smallest absolute Gasteiger partial charge is 0.223 e. The van der Waals surface area contributed by atoms with E-state index in [4.69, 9.17) is 10.5 Å². The standard InChI is InChI=1S/C17H24N2O2/c1-21-11-10-19-16(20)9-8-15(18)17(19)14-6-4-13(5-7-14)12-2-3-12/h4-7,12,15,17H,2-3,8-11,18H2,1H3. The molecule has 1 aromatic carbocycles. The molecule has 1 saturated carbocycles. The lowest BCUT2D eigenvalue weighted by molar-refractivity contribution is -0.138. The number of likely N-dealkylation sites (tertiary alicyclic amines) is 1. The van der Waals surface area contributed by atoms with Crippen LogP contribution in [0.3, 0.4) is 0 Å². The van der Waals surface area contributed by atoms with Crippen LogP contribution in [0.5, 0.6) is 0 Å². The summed E-state index contributed by atoms with van der Waals surface area (Å²) in [4.78, 5) is 14.1. The number of methoxy groups -OCH3 is 1. The molecular weight excluding hydrogens is 264 g/mol. The molecule has 0 radical (unpaired) electrons. The van der Waals surface area contributed by atoms with Gasteiger partial charge in [0.05, 0.1) is 12.6 Å². The van der Waals surface area contributed by atoms with E-state index in [2.05, 4.69) is 24.3 Å². The van der Waals surface area contributed by atoms with E-state index < -0.39 is 0 Å². The Morgan fingerprint density at radius 1 is 1.19 bits per heavy atom. The van der Waals surface area contributed by atoms with Crippen molar-refractivity contribution in [1.82, 2.24) is 4.90 Å². The van der Waals surface area contributed by atoms with Crippen molar-refractivity contribution in [2.75, 3.05) is 20.3 Å². The normalized spacial score (nSPS) is 26.2. The Kier molecular flexibility index (Phi) is 4.27. The van der Waals surface area contributed by atoms with Crippen molar-refractivity contribution < 1.29 is 9.53 Å². The minimum Gasteiger partial charge on any atom is -0.383 e. The minimum absolute atomic E-state index is 0.00586. The summed E-state index contributed by atoms with van der Waals surface area (Å²) in [5.41, 5.74) is 8.87. The summed E-state index contributed by atoms with van der Waals surface area (Å²) in [5.74, 6) is 0.940. The van der Waals surface area contributed by atoms with Crippen LogP contribution in [0.15, 0.2) is 24.3 Å². The summed E-state index contributed by atoms with van der Waals surface area (Å²) < 4.78 is 5.14. The van der Waals surface area contributed by atoms with Crippen LogP contribution in [0.25, 0.3) is 0 Å². The first-order valence-corrected chi connectivity index (χ1v) is 7.84. The van der Waals surface area contributed by atoms with E-state index in [1.165, 1.54) is 18.4 Å². The Balaban J connectivity index is 1.81. The van der Waals surface area contributed by atoms with E-state index in [9.17, 15) is 4.79 Å². The zero-order valence-corrected chi connectivity index (χ0v) is 12.6. The number of hydrogen-bond acceptors (Lipinski definition) is 3. The van der Waals surface area contributed by atoms with E-state index in [1.807, 2.05) is 4.90 Å². The summed E-state index contributed by atoms with van der Waals surface area (Å²) in [6.45, 7) is 1.16. The van der Waals surface area contributed by atoms with Crippen molar-refractivity contribution in [3.05, 3.63) is 35.4 Å². The maximum Gasteiger partial charge on any atom is 0.223 e. The van der Waals surface area contributed by atoms with Gasteiger partial charge in [-0.3, -0.25) is 4.79 Å². The molecule has 1 heterocycles. The van der Waals surface area contributed by atoms with Gasteiger partial charge in [-0.05, 0) is 36.3 Å². The highest BCUT2D eigenvalue weighted by Crippen LogP contribution is 2.40. The van der Waals surface area contributed by atoms with Gasteiger partial charge in [0.1, 0.15) is 0 Å². The van der Waals surface area contributed by atoms with Gasteiger partial charge >= 0.3 is 0 Å². The average Bonchev–Trinajstić information content (AvgIpc) is 3.33. The van der Waals surface area contributed by atoms with E-state index >= 15 is 0 Å². The summed E-state index contributed by atoms with van der Waals surface area (Å²) >= 11 is 0. The van der Waals surface area contributed by atoms with Crippen molar-refractivity contribution in [2.24, 2.45) is 5.73 Å². The van der Waals surface area contributed by atoms with E-state index in [-0.39, 0.29) is 18.0 Å². The van der Waals surface area contributed by atoms with Gasteiger partial charge in [0.15, 0.2) is 0 Å². The molecule has 2 atom stereocenters. The molecule has 1 aromatic rings. The summed E-state index contributed by atoms with van der Waals surface area (Å²) in [6.07, 6.45) is 3.92. The first kappa shape index (κ1) is 14.5. The van der Waals surface area contributed by atoms with E-state index in [0.29, 0.717) is 19.6 Å². The summed E-state index contributed by atoms with van der Waals surface area (Å²) in [7, 11) is 1.66. The van der Waals surface area contributed by atoms with Crippen LogP contribution in [0.2, 0.25) is 0 Å². The molecule has 2 unspecified atom stereocenters. The largest absolute Gasteiger partial charge is 0.383 e. The van der Waals surface area contributed by atoms with Gasteiger partial charge in [-0.2, -0.15) is 0 Å². The highest BCUT2D eigenvalue weighted by molar-refractivity contribution is 5.78. The molecular formula is C17H24N2O2. The predicted molar refractivity (Wildman–Crippen MR) is 82.0 cm³/mol. The van der Waals surface area contributed by atoms with Crippen molar-refractivity contribution in [1.29, 1.82) is 0 Å². The molecule has 2 N–H and O–H groups in total. The molecule has 0 spiro atoms. The molecule has 2 fully saturated rings. The number of benzene rings is 1. The fourth-order valence-corrected chi connectivity index (χ4v) is 3.24. The van der Waals surface area contributed by atoms with Crippen molar-refractivity contribution >= 4 is 5.91 Å². The third kappa shape index (κ3) is 3.11. The quantitative estimate of drug-likeness (QED) is 0.903. The number of rotatable bonds is 5. The number of amides is 1. The van der Waals surface area contributed by atoms with Crippen molar-refractivity contribution in [3.63, 3.8) is 0 Å². The van der Waals surface area contributed by atoms with E-state index in [1.54, 1.807) is 7.11 Å². The van der Waals surface area contributed by atoms with E-state index in [0.717, 1.165) is 17.9 Å². The second-order valence-electron chi connectivity index (χ2n) is 6.17. The molecule has 0 bridgehead atoms. The van der Waals surface area contributed by atoms with Crippen LogP contribution in [-0.4, -0.2) is 37.1 Å². The highest BCUT2D eigenvalue weighted by atomic mass is 16.5. The highest BCUT2D eigenvalue weighted by Gasteiger charge is 2.34. The number of carbonyl (C=O) groups is 1. The number of ether oxygens (including phenoxy) is 1. The summed E-state index contributed by atoms with van der Waals surface area (Å²) in [6, 6.07) is 8.69. The molecule has 4 nitrogen and oxygen atoms in total. The Hall–Kier alpha value is -1.39. The Morgan fingerprint density at radius 2 is 1.86 bits per heavy atom. The van der Waals surface area contributed by atoms with Gasteiger partial charge in [0.25, 0.3) is 0 Å². The lowest BCUT2D eigenvalue weighted by atomic mass is 9.90. The van der Waals surface area contributed by atoms with Gasteiger partial charge in [0.2, 0.25) is 5.91 Å². The van der Waals surface area contributed by atoms with Gasteiger partial charge in [0, 0.05) is 26.1 Å². The van der Waals surface area contributed by atoms with Crippen LogP contribution in [0.1, 0.15) is 48.8 Å². The Labute approximate surface area is 126 Å². The van der Waals surface area contributed by atoms with Crippen LogP contribution in [0.4, 0.5) is 0 Å². The van der Waals surface area contributed by atoms with Crippen molar-refractivity contribution in [3.8, 4) is 0 Å². The Morgan fingerprint density at radius 3 is 2.48 bits per heavy atom.